The van der Waals surface area contributed by atoms with E-state index in [9.17, 15) is 9.59 Å². The third-order valence-corrected chi connectivity index (χ3v) is 2.04. The number of aliphatic carboxylic acids is 1. The van der Waals surface area contributed by atoms with Crippen molar-refractivity contribution in [3.8, 4) is 0 Å². The number of urea groups is 1. The van der Waals surface area contributed by atoms with Gasteiger partial charge in [-0.3, -0.25) is 4.79 Å². The van der Waals surface area contributed by atoms with Gasteiger partial charge in [0.1, 0.15) is 6.04 Å². The summed E-state index contributed by atoms with van der Waals surface area (Å²) in [5, 5.41) is 13.6. The minimum Gasteiger partial charge on any atom is -0.480 e. The van der Waals surface area contributed by atoms with E-state index in [1.807, 2.05) is 13.8 Å². The van der Waals surface area contributed by atoms with Crippen molar-refractivity contribution >= 4 is 12.0 Å². The lowest BCUT2D eigenvalue weighted by Crippen LogP contribution is -2.47. The van der Waals surface area contributed by atoms with Crippen LogP contribution in [-0.4, -0.2) is 29.2 Å². The van der Waals surface area contributed by atoms with Crippen LogP contribution in [0.1, 0.15) is 33.6 Å². The third kappa shape index (κ3) is 4.69. The molecule has 1 atom stereocenters. The Hall–Kier alpha value is -1.26. The lowest BCUT2D eigenvalue weighted by Gasteiger charge is -2.16. The summed E-state index contributed by atoms with van der Waals surface area (Å²) in [6.45, 7) is 5.36. The first-order valence-corrected chi connectivity index (χ1v) is 4.81. The van der Waals surface area contributed by atoms with E-state index in [0.717, 1.165) is 12.8 Å². The van der Waals surface area contributed by atoms with Crippen LogP contribution in [0.15, 0.2) is 0 Å². The molecule has 0 fully saturated rings. The van der Waals surface area contributed by atoms with Gasteiger partial charge in [-0.05, 0) is 19.8 Å². The maximum Gasteiger partial charge on any atom is 0.325 e. The average molecular weight is 202 g/mol. The quantitative estimate of drug-likeness (QED) is 0.621. The predicted molar refractivity (Wildman–Crippen MR) is 53.1 cm³/mol. The van der Waals surface area contributed by atoms with Crippen molar-refractivity contribution in [1.29, 1.82) is 0 Å². The van der Waals surface area contributed by atoms with Gasteiger partial charge in [0, 0.05) is 6.04 Å². The van der Waals surface area contributed by atoms with Crippen molar-refractivity contribution in [3.05, 3.63) is 0 Å². The maximum atomic E-state index is 11.2. The van der Waals surface area contributed by atoms with Crippen LogP contribution in [0.25, 0.3) is 0 Å². The zero-order chi connectivity index (χ0) is 11.1. The second-order valence-electron chi connectivity index (χ2n) is 3.19. The molecule has 3 N–H and O–H groups in total. The fourth-order valence-electron chi connectivity index (χ4n) is 0.978. The Balaban J connectivity index is 3.91. The number of amides is 2. The Morgan fingerprint density at radius 2 is 1.71 bits per heavy atom. The largest absolute Gasteiger partial charge is 0.480 e. The van der Waals surface area contributed by atoms with Gasteiger partial charge < -0.3 is 15.7 Å². The first-order chi connectivity index (χ1) is 6.51. The summed E-state index contributed by atoms with van der Waals surface area (Å²) in [6, 6.07) is -1.17. The first-order valence-electron chi connectivity index (χ1n) is 4.81. The molecule has 0 radical (unpaired) electrons. The van der Waals surface area contributed by atoms with Gasteiger partial charge in [0.2, 0.25) is 0 Å². The maximum absolute atomic E-state index is 11.2. The zero-order valence-corrected chi connectivity index (χ0v) is 8.83. The van der Waals surface area contributed by atoms with E-state index >= 15 is 0 Å². The number of carboxylic acid groups (broad SMARTS) is 1. The number of rotatable bonds is 5. The molecule has 0 bridgehead atoms. The molecule has 5 nitrogen and oxygen atoms in total. The molecule has 1 unspecified atom stereocenters. The van der Waals surface area contributed by atoms with Crippen LogP contribution in [0, 0.1) is 0 Å². The number of hydrogen-bond donors (Lipinski definition) is 3. The smallest absolute Gasteiger partial charge is 0.325 e. The number of carbonyl (C=O) groups excluding carboxylic acids is 1. The summed E-state index contributed by atoms with van der Waals surface area (Å²) in [7, 11) is 0. The van der Waals surface area contributed by atoms with E-state index in [4.69, 9.17) is 5.11 Å². The monoisotopic (exact) mass is 202 g/mol. The molecule has 0 heterocycles. The minimum absolute atomic E-state index is 0.107. The van der Waals surface area contributed by atoms with E-state index in [1.54, 1.807) is 0 Å². The van der Waals surface area contributed by atoms with Crippen molar-refractivity contribution in [2.45, 2.75) is 45.7 Å². The standard InChI is InChI=1S/C9H18N2O3/c1-4-7(5-2)11-9(14)10-6(3)8(12)13/h6-7H,4-5H2,1-3H3,(H,12,13)(H2,10,11,14). The average Bonchev–Trinajstić information content (AvgIpc) is 2.13. The van der Waals surface area contributed by atoms with Gasteiger partial charge in [-0.2, -0.15) is 0 Å². The highest BCUT2D eigenvalue weighted by atomic mass is 16.4. The number of hydrogen-bond acceptors (Lipinski definition) is 2. The summed E-state index contributed by atoms with van der Waals surface area (Å²) in [4.78, 5) is 21.6. The van der Waals surface area contributed by atoms with Crippen LogP contribution in [-0.2, 0) is 4.79 Å². The summed E-state index contributed by atoms with van der Waals surface area (Å²) >= 11 is 0. The van der Waals surface area contributed by atoms with E-state index in [0.29, 0.717) is 0 Å². The third-order valence-electron chi connectivity index (χ3n) is 2.04. The molecule has 2 amide bonds. The fraction of sp³-hybridized carbons (Fsp3) is 0.778. The van der Waals surface area contributed by atoms with Crippen molar-refractivity contribution in [3.63, 3.8) is 0 Å². The van der Waals surface area contributed by atoms with Gasteiger partial charge in [-0.1, -0.05) is 13.8 Å². The molecule has 0 aliphatic heterocycles. The molecule has 0 aliphatic carbocycles. The minimum atomic E-state index is -1.04. The highest BCUT2D eigenvalue weighted by Crippen LogP contribution is 1.95. The van der Waals surface area contributed by atoms with Crippen LogP contribution in [0.5, 0.6) is 0 Å². The molecule has 0 saturated heterocycles. The number of carbonyl (C=O) groups is 2. The molecule has 5 heteroatoms. The molecule has 0 aliphatic rings. The second kappa shape index (κ2) is 6.23. The molecular formula is C9H18N2O3. The van der Waals surface area contributed by atoms with E-state index in [-0.39, 0.29) is 6.04 Å². The normalized spacial score (nSPS) is 12.3. The first kappa shape index (κ1) is 12.7. The van der Waals surface area contributed by atoms with Crippen LogP contribution < -0.4 is 10.6 Å². The lowest BCUT2D eigenvalue weighted by molar-refractivity contribution is -0.138. The van der Waals surface area contributed by atoms with E-state index in [1.165, 1.54) is 6.92 Å². The number of nitrogens with one attached hydrogen (secondary N) is 2. The Kier molecular flexibility index (Phi) is 5.67. The van der Waals surface area contributed by atoms with Crippen LogP contribution >= 0.6 is 0 Å². The predicted octanol–water partition coefficient (Wildman–Crippen LogP) is 0.947. The van der Waals surface area contributed by atoms with Crippen LogP contribution in [0.4, 0.5) is 4.79 Å². The summed E-state index contributed by atoms with van der Waals surface area (Å²) < 4.78 is 0. The van der Waals surface area contributed by atoms with Crippen molar-refractivity contribution < 1.29 is 14.7 Å². The second-order valence-corrected chi connectivity index (χ2v) is 3.19. The zero-order valence-electron chi connectivity index (χ0n) is 8.83. The fourth-order valence-corrected chi connectivity index (χ4v) is 0.978. The number of carboxylic acids is 1. The van der Waals surface area contributed by atoms with Gasteiger partial charge in [-0.25, -0.2) is 4.79 Å². The van der Waals surface area contributed by atoms with Gasteiger partial charge in [0.15, 0.2) is 0 Å². The summed E-state index contributed by atoms with van der Waals surface area (Å²) in [5.41, 5.74) is 0. The Bertz CT molecular complexity index is 202. The molecule has 14 heavy (non-hydrogen) atoms. The molecular weight excluding hydrogens is 184 g/mol. The summed E-state index contributed by atoms with van der Waals surface area (Å²) in [5.74, 6) is -1.04. The molecule has 0 aromatic rings. The molecule has 0 saturated carbocycles. The van der Waals surface area contributed by atoms with Crippen molar-refractivity contribution in [2.75, 3.05) is 0 Å². The Morgan fingerprint density at radius 1 is 1.21 bits per heavy atom. The van der Waals surface area contributed by atoms with E-state index in [2.05, 4.69) is 10.6 Å². The van der Waals surface area contributed by atoms with E-state index < -0.39 is 18.0 Å². The van der Waals surface area contributed by atoms with Gasteiger partial charge >= 0.3 is 12.0 Å². The van der Waals surface area contributed by atoms with Crippen LogP contribution in [0.2, 0.25) is 0 Å². The molecule has 82 valence electrons. The molecule has 0 aromatic carbocycles. The van der Waals surface area contributed by atoms with Crippen LogP contribution in [0.3, 0.4) is 0 Å². The van der Waals surface area contributed by atoms with Gasteiger partial charge in [0.25, 0.3) is 0 Å². The highest BCUT2D eigenvalue weighted by molar-refractivity contribution is 5.82. The van der Waals surface area contributed by atoms with Crippen molar-refractivity contribution in [2.24, 2.45) is 0 Å². The molecule has 0 spiro atoms. The topological polar surface area (TPSA) is 78.4 Å². The summed E-state index contributed by atoms with van der Waals surface area (Å²) in [6.07, 6.45) is 1.68. The van der Waals surface area contributed by atoms with Gasteiger partial charge in [0.05, 0.1) is 0 Å². The Labute approximate surface area is 83.9 Å². The highest BCUT2D eigenvalue weighted by Gasteiger charge is 2.15. The molecule has 0 aromatic heterocycles. The lowest BCUT2D eigenvalue weighted by atomic mass is 10.2. The Morgan fingerprint density at radius 3 is 2.07 bits per heavy atom. The van der Waals surface area contributed by atoms with Gasteiger partial charge in [-0.15, -0.1) is 0 Å². The SMILES string of the molecule is CCC(CC)NC(=O)NC(C)C(=O)O. The van der Waals surface area contributed by atoms with Crippen molar-refractivity contribution in [1.82, 2.24) is 10.6 Å². The molecule has 0 rings (SSSR count).